The predicted molar refractivity (Wildman–Crippen MR) is 56.4 cm³/mol. The molecule has 14 heavy (non-hydrogen) atoms. The average Bonchev–Trinajstić information content (AvgIpc) is 2.08. The van der Waals surface area contributed by atoms with Gasteiger partial charge in [-0.25, -0.2) is 0 Å². The minimum Gasteiger partial charge on any atom is -0.382 e. The predicted octanol–water partition coefficient (Wildman–Crippen LogP) is 0.793. The molecule has 0 aromatic carbocycles. The quantitative estimate of drug-likeness (QED) is 0.565. The van der Waals surface area contributed by atoms with E-state index in [9.17, 15) is 0 Å². The maximum absolute atomic E-state index is 5.74. The zero-order valence-electron chi connectivity index (χ0n) is 9.54. The largest absolute Gasteiger partial charge is 0.382 e. The Morgan fingerprint density at radius 1 is 1.00 bits per heavy atom. The van der Waals surface area contributed by atoms with Crippen LogP contribution in [0.25, 0.3) is 0 Å². The van der Waals surface area contributed by atoms with Crippen LogP contribution in [0.4, 0.5) is 0 Å². The zero-order valence-corrected chi connectivity index (χ0v) is 9.54. The average molecular weight is 205 g/mol. The van der Waals surface area contributed by atoms with Gasteiger partial charge in [0, 0.05) is 25.9 Å². The number of hydrogen-bond acceptors (Lipinski definition) is 4. The van der Waals surface area contributed by atoms with Gasteiger partial charge in [0.15, 0.2) is 0 Å². The third-order valence-electron chi connectivity index (χ3n) is 1.48. The number of nitrogens with two attached hydrogens (primary N) is 1. The van der Waals surface area contributed by atoms with Gasteiger partial charge in [0.1, 0.15) is 0 Å². The Hall–Kier alpha value is -0.160. The number of ether oxygens (including phenoxy) is 3. The topological polar surface area (TPSA) is 53.7 Å². The molecule has 0 aliphatic carbocycles. The molecule has 0 aliphatic rings. The van der Waals surface area contributed by atoms with E-state index in [1.165, 1.54) is 0 Å². The van der Waals surface area contributed by atoms with Gasteiger partial charge in [0.2, 0.25) is 0 Å². The van der Waals surface area contributed by atoms with E-state index in [4.69, 9.17) is 19.9 Å². The third-order valence-corrected chi connectivity index (χ3v) is 1.48. The van der Waals surface area contributed by atoms with Crippen LogP contribution in [0.2, 0.25) is 0 Å². The van der Waals surface area contributed by atoms with Gasteiger partial charge in [-0.05, 0) is 20.3 Å². The monoisotopic (exact) mass is 205 g/mol. The van der Waals surface area contributed by atoms with E-state index in [1.807, 2.05) is 13.8 Å². The van der Waals surface area contributed by atoms with Crippen molar-refractivity contribution in [2.24, 2.45) is 5.73 Å². The summed E-state index contributed by atoms with van der Waals surface area (Å²) in [6, 6.07) is 0. The summed E-state index contributed by atoms with van der Waals surface area (Å²) in [6.45, 7) is 7.20. The lowest BCUT2D eigenvalue weighted by Gasteiger charge is -2.18. The van der Waals surface area contributed by atoms with Crippen LogP contribution in [0.15, 0.2) is 0 Å². The molecular formula is C10H23NO3. The third kappa shape index (κ3) is 11.8. The van der Waals surface area contributed by atoms with Crippen LogP contribution in [0, 0.1) is 0 Å². The molecule has 0 spiro atoms. The lowest BCUT2D eigenvalue weighted by atomic mass is 10.1. The van der Waals surface area contributed by atoms with Crippen molar-refractivity contribution in [3.8, 4) is 0 Å². The summed E-state index contributed by atoms with van der Waals surface area (Å²) in [6.07, 6.45) is 0.903. The molecular weight excluding hydrogens is 182 g/mol. The zero-order chi connectivity index (χ0) is 10.9. The van der Waals surface area contributed by atoms with Crippen LogP contribution in [-0.4, -0.2) is 45.7 Å². The summed E-state index contributed by atoms with van der Waals surface area (Å²) in [4.78, 5) is 0. The standard InChI is InChI=1S/C10H23NO3/c1-10(2,11)9-14-6-4-5-13-8-7-12-3/h4-9,11H2,1-3H3. The maximum atomic E-state index is 5.74. The van der Waals surface area contributed by atoms with Crippen LogP contribution in [0.5, 0.6) is 0 Å². The van der Waals surface area contributed by atoms with E-state index < -0.39 is 0 Å². The molecule has 0 atom stereocenters. The molecule has 0 aliphatic heterocycles. The molecule has 86 valence electrons. The fourth-order valence-electron chi connectivity index (χ4n) is 0.843. The van der Waals surface area contributed by atoms with Crippen molar-refractivity contribution in [3.63, 3.8) is 0 Å². The van der Waals surface area contributed by atoms with Crippen molar-refractivity contribution in [3.05, 3.63) is 0 Å². The molecule has 4 nitrogen and oxygen atoms in total. The second kappa shape index (κ2) is 8.17. The summed E-state index contributed by atoms with van der Waals surface area (Å²) in [5.74, 6) is 0. The summed E-state index contributed by atoms with van der Waals surface area (Å²) in [7, 11) is 1.66. The van der Waals surface area contributed by atoms with Gasteiger partial charge >= 0.3 is 0 Å². The van der Waals surface area contributed by atoms with Crippen molar-refractivity contribution in [2.45, 2.75) is 25.8 Å². The Labute approximate surface area is 86.7 Å². The van der Waals surface area contributed by atoms with E-state index in [1.54, 1.807) is 7.11 Å². The molecule has 0 heterocycles. The van der Waals surface area contributed by atoms with Crippen molar-refractivity contribution in [1.29, 1.82) is 0 Å². The van der Waals surface area contributed by atoms with E-state index in [0.717, 1.165) is 6.42 Å². The van der Waals surface area contributed by atoms with E-state index in [-0.39, 0.29) is 5.54 Å². The highest BCUT2D eigenvalue weighted by atomic mass is 16.5. The molecule has 0 fully saturated rings. The number of hydrogen-bond donors (Lipinski definition) is 1. The normalized spacial score (nSPS) is 12.0. The lowest BCUT2D eigenvalue weighted by Crippen LogP contribution is -2.37. The minimum absolute atomic E-state index is 0.239. The summed E-state index contributed by atoms with van der Waals surface area (Å²) >= 11 is 0. The smallest absolute Gasteiger partial charge is 0.0700 e. The number of methoxy groups -OCH3 is 1. The van der Waals surface area contributed by atoms with Crippen molar-refractivity contribution >= 4 is 0 Å². The fraction of sp³-hybridized carbons (Fsp3) is 1.00. The minimum atomic E-state index is -0.239. The van der Waals surface area contributed by atoms with Gasteiger partial charge < -0.3 is 19.9 Å². The number of rotatable bonds is 9. The molecule has 0 unspecified atom stereocenters. The highest BCUT2D eigenvalue weighted by molar-refractivity contribution is 4.69. The lowest BCUT2D eigenvalue weighted by molar-refractivity contribution is 0.0439. The van der Waals surface area contributed by atoms with Gasteiger partial charge in [-0.15, -0.1) is 0 Å². The summed E-state index contributed by atoms with van der Waals surface area (Å²) < 4.78 is 15.5. The highest BCUT2D eigenvalue weighted by Crippen LogP contribution is 1.97. The first kappa shape index (κ1) is 13.8. The molecule has 0 aromatic heterocycles. The second-order valence-corrected chi connectivity index (χ2v) is 4.00. The van der Waals surface area contributed by atoms with Crippen LogP contribution >= 0.6 is 0 Å². The van der Waals surface area contributed by atoms with E-state index in [2.05, 4.69) is 0 Å². The maximum Gasteiger partial charge on any atom is 0.0700 e. The molecule has 4 heteroatoms. The van der Waals surface area contributed by atoms with Crippen LogP contribution in [-0.2, 0) is 14.2 Å². The van der Waals surface area contributed by atoms with Crippen LogP contribution < -0.4 is 5.73 Å². The van der Waals surface area contributed by atoms with E-state index >= 15 is 0 Å². The Balaban J connectivity index is 2.99. The summed E-state index contributed by atoms with van der Waals surface area (Å²) in [5, 5.41) is 0. The van der Waals surface area contributed by atoms with Crippen molar-refractivity contribution in [2.75, 3.05) is 40.1 Å². The van der Waals surface area contributed by atoms with Crippen LogP contribution in [0.1, 0.15) is 20.3 Å². The molecule has 0 saturated carbocycles. The van der Waals surface area contributed by atoms with Gasteiger partial charge in [-0.2, -0.15) is 0 Å². The van der Waals surface area contributed by atoms with E-state index in [0.29, 0.717) is 33.0 Å². The Bertz CT molecular complexity index is 123. The van der Waals surface area contributed by atoms with Crippen LogP contribution in [0.3, 0.4) is 0 Å². The molecule has 0 aromatic rings. The Morgan fingerprint density at radius 2 is 1.64 bits per heavy atom. The van der Waals surface area contributed by atoms with Gasteiger partial charge in [-0.1, -0.05) is 0 Å². The summed E-state index contributed by atoms with van der Waals surface area (Å²) in [5.41, 5.74) is 5.50. The first-order valence-corrected chi connectivity index (χ1v) is 4.99. The molecule has 2 N–H and O–H groups in total. The molecule has 0 bridgehead atoms. The molecule has 0 amide bonds. The highest BCUT2D eigenvalue weighted by Gasteiger charge is 2.09. The van der Waals surface area contributed by atoms with Crippen molar-refractivity contribution in [1.82, 2.24) is 0 Å². The van der Waals surface area contributed by atoms with Gasteiger partial charge in [-0.3, -0.25) is 0 Å². The van der Waals surface area contributed by atoms with Crippen molar-refractivity contribution < 1.29 is 14.2 Å². The van der Waals surface area contributed by atoms with Gasteiger partial charge in [0.25, 0.3) is 0 Å². The first-order valence-electron chi connectivity index (χ1n) is 4.99. The van der Waals surface area contributed by atoms with Gasteiger partial charge in [0.05, 0.1) is 19.8 Å². The molecule has 0 saturated heterocycles. The molecule has 0 rings (SSSR count). The Kier molecular flexibility index (Phi) is 8.08. The second-order valence-electron chi connectivity index (χ2n) is 4.00. The fourth-order valence-corrected chi connectivity index (χ4v) is 0.843. The SMILES string of the molecule is COCCOCCCOCC(C)(C)N. The Morgan fingerprint density at radius 3 is 2.21 bits per heavy atom. The molecule has 0 radical (unpaired) electrons. The first-order chi connectivity index (χ1) is 6.56.